The number of amides is 3. The van der Waals surface area contributed by atoms with Crippen LogP contribution >= 0.6 is 0 Å². The summed E-state index contributed by atoms with van der Waals surface area (Å²) in [6.07, 6.45) is -0.869. The lowest BCUT2D eigenvalue weighted by atomic mass is 10.0. The molecule has 2 aliphatic rings. The van der Waals surface area contributed by atoms with Crippen molar-refractivity contribution in [1.82, 2.24) is 9.80 Å². The van der Waals surface area contributed by atoms with Crippen molar-refractivity contribution in [3.8, 4) is 16.9 Å². The Morgan fingerprint density at radius 1 is 0.923 bits per heavy atom. The van der Waals surface area contributed by atoms with E-state index in [1.807, 2.05) is 0 Å². The Bertz CT molecular complexity index is 1500. The van der Waals surface area contributed by atoms with E-state index in [0.717, 1.165) is 5.56 Å². The van der Waals surface area contributed by atoms with Crippen LogP contribution in [0.15, 0.2) is 54.6 Å². The first-order valence-electron chi connectivity index (χ1n) is 12.2. The van der Waals surface area contributed by atoms with Crippen LogP contribution in [-0.4, -0.2) is 71.0 Å². The van der Waals surface area contributed by atoms with Crippen LogP contribution < -0.4 is 15.4 Å². The number of nitro groups is 1. The van der Waals surface area contributed by atoms with E-state index in [9.17, 15) is 24.5 Å². The molecule has 0 spiro atoms. The maximum absolute atomic E-state index is 13.0. The van der Waals surface area contributed by atoms with Crippen molar-refractivity contribution in [3.63, 3.8) is 0 Å². The molecule has 1 saturated heterocycles. The number of fused-ring (bicyclic) bond motifs is 2. The minimum Gasteiger partial charge on any atom is -0.490 e. The number of nitro benzene ring substituents is 1. The number of hydrogen-bond acceptors (Lipinski definition) is 7. The first kappa shape index (κ1) is 25.5. The van der Waals surface area contributed by atoms with Crippen LogP contribution in [0.5, 0.6) is 5.75 Å². The van der Waals surface area contributed by atoms with Crippen LogP contribution in [-0.2, 0) is 11.2 Å². The van der Waals surface area contributed by atoms with Gasteiger partial charge in [0.2, 0.25) is 5.91 Å². The number of nitrogens with zero attached hydrogens (tertiary/aromatic N) is 3. The SMILES string of the molecule is COc1cc(-c2ccc3c(c2)Nc2ccc(CC(=O)N4CCN(C(=O)O)CC4)cc2NC3=O)ccc1[N+](=O)[O-]. The number of benzene rings is 3. The third-order valence-corrected chi connectivity index (χ3v) is 6.83. The molecule has 200 valence electrons. The number of rotatable bonds is 5. The minimum absolute atomic E-state index is 0.112. The molecule has 0 bridgehead atoms. The fourth-order valence-corrected chi connectivity index (χ4v) is 4.72. The monoisotopic (exact) mass is 531 g/mol. The highest BCUT2D eigenvalue weighted by molar-refractivity contribution is 6.12. The van der Waals surface area contributed by atoms with Crippen molar-refractivity contribution in [2.24, 2.45) is 0 Å². The minimum atomic E-state index is -0.989. The molecule has 3 aromatic carbocycles. The fraction of sp³-hybridized carbons (Fsp3) is 0.222. The summed E-state index contributed by atoms with van der Waals surface area (Å²) in [4.78, 5) is 50.6. The van der Waals surface area contributed by atoms with Crippen molar-refractivity contribution in [1.29, 1.82) is 0 Å². The maximum atomic E-state index is 13.0. The molecule has 0 atom stereocenters. The molecule has 5 rings (SSSR count). The number of anilines is 3. The molecule has 2 aliphatic heterocycles. The quantitative estimate of drug-likeness (QED) is 0.330. The van der Waals surface area contributed by atoms with Gasteiger partial charge in [-0.15, -0.1) is 0 Å². The molecule has 3 N–H and O–H groups in total. The summed E-state index contributed by atoms with van der Waals surface area (Å²) in [5, 5.41) is 26.5. The van der Waals surface area contributed by atoms with E-state index < -0.39 is 11.0 Å². The van der Waals surface area contributed by atoms with Gasteiger partial charge in [-0.3, -0.25) is 19.7 Å². The summed E-state index contributed by atoms with van der Waals surface area (Å²) < 4.78 is 5.18. The lowest BCUT2D eigenvalue weighted by Crippen LogP contribution is -2.50. The molecule has 12 nitrogen and oxygen atoms in total. The number of carbonyl (C=O) groups excluding carboxylic acids is 2. The molecule has 0 saturated carbocycles. The molecule has 2 heterocycles. The zero-order chi connectivity index (χ0) is 27.7. The van der Waals surface area contributed by atoms with Gasteiger partial charge in [0, 0.05) is 32.2 Å². The number of ether oxygens (including phenoxy) is 1. The van der Waals surface area contributed by atoms with Crippen molar-refractivity contribution in [2.45, 2.75) is 6.42 Å². The van der Waals surface area contributed by atoms with E-state index in [4.69, 9.17) is 9.84 Å². The summed E-state index contributed by atoms with van der Waals surface area (Å²) in [5.74, 6) is -0.300. The van der Waals surface area contributed by atoms with E-state index in [1.165, 1.54) is 18.1 Å². The van der Waals surface area contributed by atoms with Gasteiger partial charge < -0.3 is 30.3 Å². The van der Waals surface area contributed by atoms with Crippen molar-refractivity contribution in [2.75, 3.05) is 43.9 Å². The summed E-state index contributed by atoms with van der Waals surface area (Å²) in [6.45, 7) is 1.23. The second kappa shape index (κ2) is 10.3. The Morgan fingerprint density at radius 3 is 2.31 bits per heavy atom. The van der Waals surface area contributed by atoms with Gasteiger partial charge in [-0.2, -0.15) is 0 Å². The standard InChI is InChI=1S/C27H25N5O7/c1-39-24-15-18(4-7-23(24)32(37)38)17-3-5-19-21(14-17)28-20-6-2-16(12-22(20)29-26(19)34)13-25(33)30-8-10-31(11-9-30)27(35)36/h2-7,12,14-15,28H,8-11,13H2,1H3,(H,29,34)(H,35,36). The maximum Gasteiger partial charge on any atom is 0.407 e. The van der Waals surface area contributed by atoms with E-state index >= 15 is 0 Å². The van der Waals surface area contributed by atoms with Crippen molar-refractivity contribution in [3.05, 3.63) is 75.8 Å². The van der Waals surface area contributed by atoms with Crippen molar-refractivity contribution < 1.29 is 29.2 Å². The van der Waals surface area contributed by atoms with Crippen molar-refractivity contribution >= 4 is 40.7 Å². The first-order valence-corrected chi connectivity index (χ1v) is 12.2. The number of methoxy groups -OCH3 is 1. The zero-order valence-corrected chi connectivity index (χ0v) is 21.0. The third kappa shape index (κ3) is 5.17. The summed E-state index contributed by atoms with van der Waals surface area (Å²) in [5.41, 5.74) is 4.13. The largest absolute Gasteiger partial charge is 0.490 e. The second-order valence-electron chi connectivity index (χ2n) is 9.19. The number of piperazine rings is 1. The number of carboxylic acid groups (broad SMARTS) is 1. The molecule has 3 aromatic rings. The van der Waals surface area contributed by atoms with E-state index in [-0.39, 0.29) is 42.8 Å². The first-order chi connectivity index (χ1) is 18.7. The molecule has 3 amide bonds. The van der Waals surface area contributed by atoms with Gasteiger partial charge in [0.25, 0.3) is 5.91 Å². The summed E-state index contributed by atoms with van der Waals surface area (Å²) in [7, 11) is 1.37. The Kier molecular flexibility index (Phi) is 6.75. The molecule has 0 unspecified atom stereocenters. The Morgan fingerprint density at radius 2 is 1.62 bits per heavy atom. The van der Waals surface area contributed by atoms with E-state index in [0.29, 0.717) is 46.8 Å². The zero-order valence-electron chi connectivity index (χ0n) is 21.0. The number of carbonyl (C=O) groups is 3. The second-order valence-corrected chi connectivity index (χ2v) is 9.19. The highest BCUT2D eigenvalue weighted by Crippen LogP contribution is 2.37. The number of hydrogen-bond donors (Lipinski definition) is 3. The Balaban J connectivity index is 1.35. The van der Waals surface area contributed by atoms with Gasteiger partial charge in [0.1, 0.15) is 0 Å². The van der Waals surface area contributed by atoms with Gasteiger partial charge in [-0.1, -0.05) is 12.1 Å². The van der Waals surface area contributed by atoms with Crippen LogP contribution in [0.3, 0.4) is 0 Å². The Hall–Kier alpha value is -5.13. The molecule has 0 radical (unpaired) electrons. The number of nitrogens with one attached hydrogen (secondary N) is 2. The third-order valence-electron chi connectivity index (χ3n) is 6.83. The highest BCUT2D eigenvalue weighted by Gasteiger charge is 2.25. The molecule has 39 heavy (non-hydrogen) atoms. The fourth-order valence-electron chi connectivity index (χ4n) is 4.72. The molecular weight excluding hydrogens is 506 g/mol. The molecule has 1 fully saturated rings. The Labute approximate surface area is 222 Å². The van der Waals surface area contributed by atoms with Gasteiger partial charge in [0.05, 0.1) is 41.1 Å². The van der Waals surface area contributed by atoms with Crippen LogP contribution in [0.25, 0.3) is 11.1 Å². The average Bonchev–Trinajstić information content (AvgIpc) is 3.07. The lowest BCUT2D eigenvalue weighted by molar-refractivity contribution is -0.385. The highest BCUT2D eigenvalue weighted by atomic mass is 16.6. The lowest BCUT2D eigenvalue weighted by Gasteiger charge is -2.33. The summed E-state index contributed by atoms with van der Waals surface area (Å²) in [6, 6.07) is 15.1. The van der Waals surface area contributed by atoms with Gasteiger partial charge >= 0.3 is 11.8 Å². The summed E-state index contributed by atoms with van der Waals surface area (Å²) >= 11 is 0. The molecule has 0 aliphatic carbocycles. The topological polar surface area (TPSA) is 154 Å². The molecular formula is C27H25N5O7. The van der Waals surface area contributed by atoms with Gasteiger partial charge in [-0.25, -0.2) is 4.79 Å². The predicted octanol–water partition coefficient (Wildman–Crippen LogP) is 3.94. The molecule has 0 aromatic heterocycles. The smallest absolute Gasteiger partial charge is 0.407 e. The predicted molar refractivity (Wildman–Crippen MR) is 143 cm³/mol. The van der Waals surface area contributed by atoms with Crippen LogP contribution in [0.1, 0.15) is 15.9 Å². The normalized spacial score (nSPS) is 14.3. The average molecular weight is 532 g/mol. The van der Waals surface area contributed by atoms with Crippen LogP contribution in [0.2, 0.25) is 0 Å². The van der Waals surface area contributed by atoms with Gasteiger partial charge in [-0.05, 0) is 53.1 Å². The van der Waals surface area contributed by atoms with E-state index in [2.05, 4.69) is 10.6 Å². The van der Waals surface area contributed by atoms with Gasteiger partial charge in [0.15, 0.2) is 5.75 Å². The molecule has 12 heteroatoms. The van der Waals surface area contributed by atoms with E-state index in [1.54, 1.807) is 53.4 Å². The van der Waals surface area contributed by atoms with Crippen LogP contribution in [0, 0.1) is 10.1 Å². The van der Waals surface area contributed by atoms with Crippen LogP contribution in [0.4, 0.5) is 27.5 Å².